The Kier molecular flexibility index (Phi) is 2.70. The Balaban J connectivity index is 2.52. The van der Waals surface area contributed by atoms with E-state index in [-0.39, 0.29) is 10.8 Å². The van der Waals surface area contributed by atoms with Crippen molar-refractivity contribution >= 4 is 40.7 Å². The van der Waals surface area contributed by atoms with Crippen molar-refractivity contribution in [1.29, 1.82) is 0 Å². The van der Waals surface area contributed by atoms with E-state index < -0.39 is 5.97 Å². The van der Waals surface area contributed by atoms with E-state index in [9.17, 15) is 9.59 Å². The van der Waals surface area contributed by atoms with Crippen LogP contribution in [0.3, 0.4) is 0 Å². The fourth-order valence-electron chi connectivity index (χ4n) is 1.52. The first kappa shape index (κ1) is 10.5. The van der Waals surface area contributed by atoms with E-state index in [0.29, 0.717) is 12.2 Å². The Labute approximate surface area is 94.9 Å². The molecule has 1 aliphatic heterocycles. The molecular weight excluding hydrogens is 234 g/mol. The first-order valence-corrected chi connectivity index (χ1v) is 6.23. The van der Waals surface area contributed by atoms with E-state index in [1.807, 2.05) is 0 Å². The number of carbonyl (C=O) groups excluding carboxylic acids is 1. The van der Waals surface area contributed by atoms with Crippen LogP contribution in [0, 0.1) is 0 Å². The van der Waals surface area contributed by atoms with Gasteiger partial charge in [0.1, 0.15) is 4.88 Å². The second-order valence-electron chi connectivity index (χ2n) is 3.10. The van der Waals surface area contributed by atoms with E-state index in [4.69, 9.17) is 5.11 Å². The van der Waals surface area contributed by atoms with Gasteiger partial charge in [-0.2, -0.15) is 0 Å². The average molecular weight is 243 g/mol. The molecule has 1 aliphatic rings. The van der Waals surface area contributed by atoms with Gasteiger partial charge in [0.05, 0.1) is 5.69 Å². The molecular formula is C9H9NO3S2. The van der Waals surface area contributed by atoms with Crippen LogP contribution in [0.1, 0.15) is 16.6 Å². The van der Waals surface area contributed by atoms with Crippen molar-refractivity contribution in [3.63, 3.8) is 0 Å². The summed E-state index contributed by atoms with van der Waals surface area (Å²) in [6.45, 7) is 2.05. The maximum Gasteiger partial charge on any atom is 0.348 e. The van der Waals surface area contributed by atoms with Gasteiger partial charge >= 0.3 is 5.97 Å². The van der Waals surface area contributed by atoms with Crippen LogP contribution in [-0.2, 0) is 4.79 Å². The van der Waals surface area contributed by atoms with Gasteiger partial charge < -0.3 is 10.0 Å². The van der Waals surface area contributed by atoms with Crippen LogP contribution in [0.15, 0.2) is 10.3 Å². The lowest BCUT2D eigenvalue weighted by Crippen LogP contribution is -2.33. The van der Waals surface area contributed by atoms with E-state index in [1.54, 1.807) is 22.0 Å². The molecule has 2 heterocycles. The number of carboxylic acid groups (broad SMARTS) is 1. The number of nitrogens with zero attached hydrogens (tertiary/aromatic N) is 1. The highest BCUT2D eigenvalue weighted by atomic mass is 32.2. The second kappa shape index (κ2) is 3.86. The Bertz CT molecular complexity index is 427. The predicted molar refractivity (Wildman–Crippen MR) is 60.0 cm³/mol. The first-order chi connectivity index (χ1) is 7.11. The summed E-state index contributed by atoms with van der Waals surface area (Å²) in [6, 6.07) is 0. The summed E-state index contributed by atoms with van der Waals surface area (Å²) in [5.41, 5.74) is 0.580. The number of thioether (sulfide) groups is 1. The number of amides is 1. The molecule has 15 heavy (non-hydrogen) atoms. The van der Waals surface area contributed by atoms with Crippen LogP contribution in [0.4, 0.5) is 5.69 Å². The van der Waals surface area contributed by atoms with E-state index in [1.165, 1.54) is 18.3 Å². The number of thiophene rings is 1. The van der Waals surface area contributed by atoms with E-state index in [2.05, 4.69) is 0 Å². The second-order valence-corrected chi connectivity index (χ2v) is 5.12. The number of aromatic carboxylic acids is 1. The highest BCUT2D eigenvalue weighted by Gasteiger charge is 2.28. The fourth-order valence-corrected chi connectivity index (χ4v) is 3.61. The van der Waals surface area contributed by atoms with Crippen LogP contribution in [0.25, 0.3) is 0 Å². The highest BCUT2D eigenvalue weighted by molar-refractivity contribution is 7.99. The van der Waals surface area contributed by atoms with Gasteiger partial charge in [-0.15, -0.1) is 23.1 Å². The molecule has 1 aromatic rings. The summed E-state index contributed by atoms with van der Waals surface area (Å²) in [7, 11) is 0. The van der Waals surface area contributed by atoms with E-state index in [0.717, 1.165) is 10.6 Å². The Morgan fingerprint density at radius 3 is 2.87 bits per heavy atom. The third-order valence-corrected chi connectivity index (χ3v) is 4.26. The fraction of sp³-hybridized carbons (Fsp3) is 0.333. The predicted octanol–water partition coefficient (Wildman–Crippen LogP) is 1.90. The Morgan fingerprint density at radius 1 is 1.53 bits per heavy atom. The topological polar surface area (TPSA) is 57.6 Å². The molecule has 0 atom stereocenters. The number of carboxylic acids is 1. The van der Waals surface area contributed by atoms with Crippen LogP contribution >= 0.6 is 23.1 Å². The molecule has 0 saturated carbocycles. The molecule has 0 unspecified atom stereocenters. The zero-order valence-electron chi connectivity index (χ0n) is 8.02. The summed E-state index contributed by atoms with van der Waals surface area (Å²) in [4.78, 5) is 25.0. The molecule has 0 radical (unpaired) electrons. The largest absolute Gasteiger partial charge is 0.477 e. The van der Waals surface area contributed by atoms with Crippen LogP contribution < -0.4 is 4.90 Å². The van der Waals surface area contributed by atoms with Gasteiger partial charge in [0, 0.05) is 29.5 Å². The van der Waals surface area contributed by atoms with Gasteiger partial charge in [0.15, 0.2) is 0 Å². The highest BCUT2D eigenvalue weighted by Crippen LogP contribution is 2.41. The maximum absolute atomic E-state index is 11.4. The molecule has 0 saturated heterocycles. The molecule has 1 amide bonds. The summed E-state index contributed by atoms with van der Waals surface area (Å²) >= 11 is 2.78. The summed E-state index contributed by atoms with van der Waals surface area (Å²) in [6.07, 6.45) is 0. The van der Waals surface area contributed by atoms with Gasteiger partial charge in [-0.25, -0.2) is 4.79 Å². The van der Waals surface area contributed by atoms with Gasteiger partial charge in [-0.05, 0) is 0 Å². The number of hydrogen-bond donors (Lipinski definition) is 1. The molecule has 1 aromatic heterocycles. The molecule has 4 nitrogen and oxygen atoms in total. The lowest BCUT2D eigenvalue weighted by atomic mass is 10.3. The Hall–Kier alpha value is -1.01. The van der Waals surface area contributed by atoms with Crippen molar-refractivity contribution in [1.82, 2.24) is 0 Å². The summed E-state index contributed by atoms with van der Waals surface area (Å²) in [5.74, 6) is -0.241. The lowest BCUT2D eigenvalue weighted by Gasteiger charge is -2.26. The number of carbonyl (C=O) groups is 2. The number of anilines is 1. The molecule has 0 aromatic carbocycles. The van der Waals surface area contributed by atoms with Gasteiger partial charge in [0.25, 0.3) is 0 Å². The SMILES string of the molecule is CC(=O)N1CCSc2csc(C(=O)O)c21. The minimum absolute atomic E-state index is 0.0996. The molecule has 0 spiro atoms. The molecule has 1 N–H and O–H groups in total. The van der Waals surface area contributed by atoms with Crippen LogP contribution in [-0.4, -0.2) is 29.3 Å². The monoisotopic (exact) mass is 243 g/mol. The van der Waals surface area contributed by atoms with Crippen molar-refractivity contribution in [3.05, 3.63) is 10.3 Å². The van der Waals surface area contributed by atoms with Crippen molar-refractivity contribution < 1.29 is 14.7 Å². The van der Waals surface area contributed by atoms with Gasteiger partial charge in [0.2, 0.25) is 5.91 Å². The third kappa shape index (κ3) is 1.74. The van der Waals surface area contributed by atoms with Crippen molar-refractivity contribution in [3.8, 4) is 0 Å². The minimum atomic E-state index is -0.963. The molecule has 6 heteroatoms. The summed E-state index contributed by atoms with van der Waals surface area (Å²) in [5, 5.41) is 10.8. The maximum atomic E-state index is 11.4. The molecule has 2 rings (SSSR count). The zero-order valence-corrected chi connectivity index (χ0v) is 9.65. The zero-order chi connectivity index (χ0) is 11.0. The number of hydrogen-bond acceptors (Lipinski definition) is 4. The average Bonchev–Trinajstić information content (AvgIpc) is 2.60. The smallest absolute Gasteiger partial charge is 0.348 e. The minimum Gasteiger partial charge on any atom is -0.477 e. The third-order valence-electron chi connectivity index (χ3n) is 2.15. The molecule has 0 fully saturated rings. The van der Waals surface area contributed by atoms with Gasteiger partial charge in [-0.3, -0.25) is 4.79 Å². The van der Waals surface area contributed by atoms with Crippen molar-refractivity contribution in [2.45, 2.75) is 11.8 Å². The van der Waals surface area contributed by atoms with Crippen LogP contribution in [0.5, 0.6) is 0 Å². The quantitative estimate of drug-likeness (QED) is 0.818. The van der Waals surface area contributed by atoms with Crippen molar-refractivity contribution in [2.75, 3.05) is 17.2 Å². The number of fused-ring (bicyclic) bond motifs is 1. The standard InChI is InChI=1S/C9H9NO3S2/c1-5(11)10-2-3-14-6-4-15-8(7(6)10)9(12)13/h4H,2-3H2,1H3,(H,12,13). The number of rotatable bonds is 1. The van der Waals surface area contributed by atoms with E-state index >= 15 is 0 Å². The Morgan fingerprint density at radius 2 is 2.27 bits per heavy atom. The summed E-state index contributed by atoms with van der Waals surface area (Å²) < 4.78 is 0. The molecule has 0 aliphatic carbocycles. The van der Waals surface area contributed by atoms with Crippen LogP contribution in [0.2, 0.25) is 0 Å². The van der Waals surface area contributed by atoms with Crippen molar-refractivity contribution in [2.24, 2.45) is 0 Å². The lowest BCUT2D eigenvalue weighted by molar-refractivity contribution is -0.116. The van der Waals surface area contributed by atoms with Gasteiger partial charge in [-0.1, -0.05) is 0 Å². The normalized spacial score (nSPS) is 14.9. The molecule has 80 valence electrons. The molecule has 0 bridgehead atoms. The first-order valence-electron chi connectivity index (χ1n) is 4.37.